The molecule has 17 heavy (non-hydrogen) atoms. The molecule has 0 fully saturated rings. The summed E-state index contributed by atoms with van der Waals surface area (Å²) in [5, 5.41) is 7.26. The lowest BCUT2D eigenvalue weighted by molar-refractivity contribution is 0.634. The van der Waals surface area contributed by atoms with E-state index in [0.717, 1.165) is 30.4 Å². The summed E-state index contributed by atoms with van der Waals surface area (Å²) in [5.74, 6) is 0.999. The normalized spacial score (nSPS) is 10.8. The monoisotopic (exact) mass is 256 g/mol. The number of rotatable bonds is 8. The highest BCUT2D eigenvalue weighted by Crippen LogP contribution is 2.13. The zero-order chi connectivity index (χ0) is 12.7. The second-order valence-electron chi connectivity index (χ2n) is 4.27. The molecule has 0 bridgehead atoms. The number of aromatic nitrogens is 3. The molecule has 0 amide bonds. The largest absolute Gasteiger partial charge is 0.341 e. The molecule has 0 aliphatic carbocycles. The van der Waals surface area contributed by atoms with E-state index in [4.69, 9.17) is 12.2 Å². The number of aromatic amines is 1. The van der Waals surface area contributed by atoms with Gasteiger partial charge in [0.05, 0.1) is 0 Å². The Bertz CT molecular complexity index is 361. The fourth-order valence-corrected chi connectivity index (χ4v) is 2.10. The van der Waals surface area contributed by atoms with E-state index in [2.05, 4.69) is 40.4 Å². The van der Waals surface area contributed by atoms with Crippen LogP contribution in [0, 0.1) is 4.77 Å². The standard InChI is InChI=1S/C12H24N4S/c1-4-7-9-15(10-8-5-2)11-13-14-12(17)16(11)6-3/h4-10H2,1-3H3,(H,14,17). The Morgan fingerprint density at radius 3 is 2.24 bits per heavy atom. The topological polar surface area (TPSA) is 36.9 Å². The average molecular weight is 256 g/mol. The molecule has 0 saturated heterocycles. The number of hydrogen-bond donors (Lipinski definition) is 1. The summed E-state index contributed by atoms with van der Waals surface area (Å²) in [5.41, 5.74) is 0. The average Bonchev–Trinajstić information content (AvgIpc) is 2.70. The summed E-state index contributed by atoms with van der Waals surface area (Å²) >= 11 is 5.23. The van der Waals surface area contributed by atoms with Crippen molar-refractivity contribution in [3.05, 3.63) is 4.77 Å². The molecule has 0 atom stereocenters. The Balaban J connectivity index is 2.82. The predicted molar refractivity (Wildman–Crippen MR) is 75.1 cm³/mol. The molecule has 0 aliphatic heterocycles. The van der Waals surface area contributed by atoms with E-state index in [0.29, 0.717) is 0 Å². The van der Waals surface area contributed by atoms with Crippen molar-refractivity contribution in [3.8, 4) is 0 Å². The van der Waals surface area contributed by atoms with Gasteiger partial charge in [0.2, 0.25) is 5.95 Å². The van der Waals surface area contributed by atoms with Crippen molar-refractivity contribution in [1.29, 1.82) is 0 Å². The predicted octanol–water partition coefficient (Wildman–Crippen LogP) is 3.37. The summed E-state index contributed by atoms with van der Waals surface area (Å²) in [6.45, 7) is 9.54. The molecule has 1 heterocycles. The molecule has 1 aromatic rings. The Hall–Kier alpha value is -0.840. The van der Waals surface area contributed by atoms with Gasteiger partial charge in [-0.25, -0.2) is 5.10 Å². The van der Waals surface area contributed by atoms with Crippen LogP contribution in [-0.4, -0.2) is 27.9 Å². The summed E-state index contributed by atoms with van der Waals surface area (Å²) in [6.07, 6.45) is 4.82. The molecule has 1 aromatic heterocycles. The van der Waals surface area contributed by atoms with E-state index >= 15 is 0 Å². The first kappa shape index (κ1) is 14.2. The van der Waals surface area contributed by atoms with Crippen molar-refractivity contribution >= 4 is 18.2 Å². The molecule has 98 valence electrons. The van der Waals surface area contributed by atoms with Crippen molar-refractivity contribution in [2.45, 2.75) is 53.0 Å². The van der Waals surface area contributed by atoms with E-state index in [1.807, 2.05) is 0 Å². The molecule has 0 radical (unpaired) electrons. The summed E-state index contributed by atoms with van der Waals surface area (Å²) in [6, 6.07) is 0. The third kappa shape index (κ3) is 3.84. The first-order valence-electron chi connectivity index (χ1n) is 6.64. The van der Waals surface area contributed by atoms with Crippen molar-refractivity contribution in [2.24, 2.45) is 0 Å². The van der Waals surface area contributed by atoms with Crippen LogP contribution in [0.4, 0.5) is 5.95 Å². The van der Waals surface area contributed by atoms with Gasteiger partial charge >= 0.3 is 0 Å². The van der Waals surface area contributed by atoms with Crippen molar-refractivity contribution in [1.82, 2.24) is 14.8 Å². The van der Waals surface area contributed by atoms with Gasteiger partial charge in [-0.05, 0) is 32.0 Å². The highest BCUT2D eigenvalue weighted by Gasteiger charge is 2.12. The van der Waals surface area contributed by atoms with Crippen LogP contribution in [0.2, 0.25) is 0 Å². The Kier molecular flexibility index (Phi) is 6.26. The third-order valence-electron chi connectivity index (χ3n) is 2.90. The fraction of sp³-hybridized carbons (Fsp3) is 0.833. The van der Waals surface area contributed by atoms with Gasteiger partial charge in [0.25, 0.3) is 0 Å². The molecule has 5 heteroatoms. The van der Waals surface area contributed by atoms with E-state index in [-0.39, 0.29) is 0 Å². The quantitative estimate of drug-likeness (QED) is 0.725. The molecule has 1 N–H and O–H groups in total. The summed E-state index contributed by atoms with van der Waals surface area (Å²) < 4.78 is 2.79. The van der Waals surface area contributed by atoms with Crippen LogP contribution in [0.25, 0.3) is 0 Å². The smallest absolute Gasteiger partial charge is 0.225 e. The molecule has 0 aromatic carbocycles. The first-order chi connectivity index (χ1) is 8.24. The number of nitrogens with zero attached hydrogens (tertiary/aromatic N) is 3. The van der Waals surface area contributed by atoms with Gasteiger partial charge in [-0.2, -0.15) is 0 Å². The van der Waals surface area contributed by atoms with Crippen LogP contribution in [0.15, 0.2) is 0 Å². The number of H-pyrrole nitrogens is 1. The lowest BCUT2D eigenvalue weighted by Gasteiger charge is -2.23. The van der Waals surface area contributed by atoms with E-state index in [1.165, 1.54) is 25.7 Å². The van der Waals surface area contributed by atoms with Crippen molar-refractivity contribution in [3.63, 3.8) is 0 Å². The maximum atomic E-state index is 5.23. The molecule has 1 rings (SSSR count). The van der Waals surface area contributed by atoms with Crippen LogP contribution in [0.5, 0.6) is 0 Å². The van der Waals surface area contributed by atoms with E-state index in [1.54, 1.807) is 0 Å². The highest BCUT2D eigenvalue weighted by atomic mass is 32.1. The fourth-order valence-electron chi connectivity index (χ4n) is 1.85. The second-order valence-corrected chi connectivity index (χ2v) is 4.65. The zero-order valence-electron chi connectivity index (χ0n) is 11.2. The van der Waals surface area contributed by atoms with Crippen molar-refractivity contribution in [2.75, 3.05) is 18.0 Å². The molecule has 0 saturated carbocycles. The van der Waals surface area contributed by atoms with Gasteiger partial charge in [-0.15, -0.1) is 5.10 Å². The van der Waals surface area contributed by atoms with Crippen LogP contribution in [-0.2, 0) is 6.54 Å². The van der Waals surface area contributed by atoms with Gasteiger partial charge in [-0.1, -0.05) is 26.7 Å². The van der Waals surface area contributed by atoms with Crippen LogP contribution >= 0.6 is 12.2 Å². The number of hydrogen-bond acceptors (Lipinski definition) is 3. The van der Waals surface area contributed by atoms with E-state index < -0.39 is 0 Å². The van der Waals surface area contributed by atoms with Crippen molar-refractivity contribution < 1.29 is 0 Å². The number of anilines is 1. The lowest BCUT2D eigenvalue weighted by atomic mass is 10.3. The molecule has 4 nitrogen and oxygen atoms in total. The van der Waals surface area contributed by atoms with Crippen LogP contribution in [0.3, 0.4) is 0 Å². The third-order valence-corrected chi connectivity index (χ3v) is 3.21. The minimum Gasteiger partial charge on any atom is -0.341 e. The van der Waals surface area contributed by atoms with E-state index in [9.17, 15) is 0 Å². The molecular formula is C12H24N4S. The minimum atomic E-state index is 0.723. The first-order valence-corrected chi connectivity index (χ1v) is 7.05. The maximum absolute atomic E-state index is 5.23. The minimum absolute atomic E-state index is 0.723. The Morgan fingerprint density at radius 2 is 1.76 bits per heavy atom. The van der Waals surface area contributed by atoms with Gasteiger partial charge in [-0.3, -0.25) is 4.57 Å². The second kappa shape index (κ2) is 7.48. The van der Waals surface area contributed by atoms with Gasteiger partial charge < -0.3 is 4.90 Å². The van der Waals surface area contributed by atoms with Crippen LogP contribution in [0.1, 0.15) is 46.5 Å². The van der Waals surface area contributed by atoms with Gasteiger partial charge in [0.15, 0.2) is 4.77 Å². The maximum Gasteiger partial charge on any atom is 0.225 e. The summed E-state index contributed by atoms with van der Waals surface area (Å²) in [4.78, 5) is 2.35. The highest BCUT2D eigenvalue weighted by molar-refractivity contribution is 7.71. The van der Waals surface area contributed by atoms with Gasteiger partial charge in [0, 0.05) is 19.6 Å². The lowest BCUT2D eigenvalue weighted by Crippen LogP contribution is -2.28. The van der Waals surface area contributed by atoms with Crippen LogP contribution < -0.4 is 4.90 Å². The Morgan fingerprint density at radius 1 is 1.18 bits per heavy atom. The molecule has 0 aliphatic rings. The Labute approximate surface area is 109 Å². The molecule has 0 unspecified atom stereocenters. The molecule has 0 spiro atoms. The summed E-state index contributed by atoms with van der Waals surface area (Å²) in [7, 11) is 0. The van der Waals surface area contributed by atoms with Gasteiger partial charge in [0.1, 0.15) is 0 Å². The number of unbranched alkanes of at least 4 members (excludes halogenated alkanes) is 2. The SMILES string of the molecule is CCCCN(CCCC)c1n[nH]c(=S)n1CC. The number of nitrogens with one attached hydrogen (secondary N) is 1. The zero-order valence-corrected chi connectivity index (χ0v) is 12.0. The molecular weight excluding hydrogens is 232 g/mol.